The molecule has 0 heterocycles. The van der Waals surface area contributed by atoms with E-state index >= 15 is 0 Å². The van der Waals surface area contributed by atoms with E-state index in [9.17, 15) is 14.5 Å². The number of benzene rings is 1. The second-order valence-electron chi connectivity index (χ2n) is 2.10. The van der Waals surface area contributed by atoms with Crippen LogP contribution in [0.3, 0.4) is 0 Å². The van der Waals surface area contributed by atoms with E-state index in [0.717, 1.165) is 0 Å². The number of rotatable bonds is 3. The van der Waals surface area contributed by atoms with E-state index in [2.05, 4.69) is 4.74 Å². The summed E-state index contributed by atoms with van der Waals surface area (Å²) >= 11 is 5.56. The van der Waals surface area contributed by atoms with Gasteiger partial charge in [0.05, 0.1) is 9.95 Å². The average Bonchev–Trinajstić information content (AvgIpc) is 2.08. The summed E-state index contributed by atoms with van der Waals surface area (Å²) < 4.78 is 16.2. The molecule has 1 aromatic rings. The third kappa shape index (κ3) is 2.06. The quantitative estimate of drug-likeness (QED) is 0.563. The molecule has 1 rings (SSSR count). The van der Waals surface area contributed by atoms with Crippen molar-refractivity contribution in [3.63, 3.8) is 0 Å². The molecule has 0 atom stereocenters. The van der Waals surface area contributed by atoms with Crippen LogP contribution >= 0.6 is 11.6 Å². The van der Waals surface area contributed by atoms with Crippen LogP contribution in [-0.2, 0) is 0 Å². The Labute approximate surface area is 78.0 Å². The van der Waals surface area contributed by atoms with Crippen LogP contribution in [0.1, 0.15) is 0 Å². The number of ether oxygens (including phenoxy) is 1. The van der Waals surface area contributed by atoms with Gasteiger partial charge >= 0.3 is 5.69 Å². The minimum atomic E-state index is -1.15. The van der Waals surface area contributed by atoms with E-state index in [1.165, 1.54) is 18.2 Å². The first-order chi connectivity index (χ1) is 6.16. The zero-order valence-corrected chi connectivity index (χ0v) is 7.12. The van der Waals surface area contributed by atoms with Crippen LogP contribution in [0.4, 0.5) is 10.1 Å². The number of hydrogen-bond donors (Lipinski definition) is 0. The van der Waals surface area contributed by atoms with Crippen LogP contribution in [-0.4, -0.2) is 11.8 Å². The minimum Gasteiger partial charge on any atom is -0.454 e. The van der Waals surface area contributed by atoms with Crippen molar-refractivity contribution in [2.75, 3.05) is 6.86 Å². The Morgan fingerprint density at radius 2 is 2.31 bits per heavy atom. The summed E-state index contributed by atoms with van der Waals surface area (Å²) in [5, 5.41) is 10.4. The highest BCUT2D eigenvalue weighted by Crippen LogP contribution is 2.34. The molecule has 0 aliphatic rings. The first-order valence-corrected chi connectivity index (χ1v) is 3.66. The van der Waals surface area contributed by atoms with Gasteiger partial charge in [-0.15, -0.1) is 0 Å². The molecule has 0 spiro atoms. The van der Waals surface area contributed by atoms with E-state index in [0.29, 0.717) is 0 Å². The molecule has 0 aliphatic heterocycles. The number of hydrogen-bond acceptors (Lipinski definition) is 3. The van der Waals surface area contributed by atoms with Gasteiger partial charge in [0, 0.05) is 6.07 Å². The molecule has 0 radical (unpaired) electrons. The molecule has 0 saturated heterocycles. The fourth-order valence-corrected chi connectivity index (χ4v) is 1.06. The Hall–Kier alpha value is -1.36. The van der Waals surface area contributed by atoms with Gasteiger partial charge in [-0.3, -0.25) is 10.1 Å². The zero-order chi connectivity index (χ0) is 9.84. The summed E-state index contributed by atoms with van der Waals surface area (Å²) in [6, 6.07) is 3.97. The fourth-order valence-electron chi connectivity index (χ4n) is 0.839. The first kappa shape index (κ1) is 9.73. The number of halogens is 2. The van der Waals surface area contributed by atoms with Crippen LogP contribution in [0, 0.1) is 10.1 Å². The maximum absolute atomic E-state index is 11.8. The van der Waals surface area contributed by atoms with Crippen LogP contribution in [0.25, 0.3) is 0 Å². The topological polar surface area (TPSA) is 52.4 Å². The molecule has 0 unspecified atom stereocenters. The smallest absolute Gasteiger partial charge is 0.312 e. The van der Waals surface area contributed by atoms with E-state index in [1.54, 1.807) is 0 Å². The highest BCUT2D eigenvalue weighted by molar-refractivity contribution is 6.32. The summed E-state index contributed by atoms with van der Waals surface area (Å²) in [4.78, 5) is 9.71. The maximum atomic E-state index is 11.8. The molecule has 0 saturated carbocycles. The van der Waals surface area contributed by atoms with Crippen molar-refractivity contribution in [1.29, 1.82) is 0 Å². The van der Waals surface area contributed by atoms with Gasteiger partial charge in [0.2, 0.25) is 12.6 Å². The predicted molar refractivity (Wildman–Crippen MR) is 44.7 cm³/mol. The second-order valence-corrected chi connectivity index (χ2v) is 2.51. The summed E-state index contributed by atoms with van der Waals surface area (Å²) in [7, 11) is 0. The predicted octanol–water partition coefficient (Wildman–Crippen LogP) is 2.55. The van der Waals surface area contributed by atoms with Crippen LogP contribution in [0.15, 0.2) is 18.2 Å². The molecule has 0 aromatic heterocycles. The molecule has 70 valence electrons. The number of alkyl halides is 1. The van der Waals surface area contributed by atoms with Crippen molar-refractivity contribution in [3.8, 4) is 5.75 Å². The maximum Gasteiger partial charge on any atom is 0.312 e. The Morgan fingerprint density at radius 3 is 2.85 bits per heavy atom. The molecule has 4 nitrogen and oxygen atoms in total. The van der Waals surface area contributed by atoms with Gasteiger partial charge in [-0.25, -0.2) is 4.39 Å². The lowest BCUT2D eigenvalue weighted by molar-refractivity contribution is -0.386. The highest BCUT2D eigenvalue weighted by atomic mass is 35.5. The SMILES string of the molecule is O=[N+]([O-])c1cccc(Cl)c1OCF. The van der Waals surface area contributed by atoms with Crippen molar-refractivity contribution >= 4 is 17.3 Å². The molecule has 0 N–H and O–H groups in total. The monoisotopic (exact) mass is 205 g/mol. The van der Waals surface area contributed by atoms with Gasteiger partial charge in [0.15, 0.2) is 0 Å². The summed E-state index contributed by atoms with van der Waals surface area (Å²) in [6.07, 6.45) is 0. The van der Waals surface area contributed by atoms with Gasteiger partial charge < -0.3 is 4.74 Å². The number of para-hydroxylation sites is 1. The Morgan fingerprint density at radius 1 is 1.62 bits per heavy atom. The lowest BCUT2D eigenvalue weighted by atomic mass is 10.3. The second kappa shape index (κ2) is 4.04. The van der Waals surface area contributed by atoms with Crippen molar-refractivity contribution in [3.05, 3.63) is 33.3 Å². The minimum absolute atomic E-state index is 0.0202. The van der Waals surface area contributed by atoms with Crippen molar-refractivity contribution in [2.45, 2.75) is 0 Å². The Bertz CT molecular complexity index is 332. The van der Waals surface area contributed by atoms with Gasteiger partial charge in [0.1, 0.15) is 0 Å². The number of nitro benzene ring substituents is 1. The van der Waals surface area contributed by atoms with E-state index in [4.69, 9.17) is 11.6 Å². The van der Waals surface area contributed by atoms with E-state index in [1.807, 2.05) is 0 Å². The molecule has 13 heavy (non-hydrogen) atoms. The van der Waals surface area contributed by atoms with Crippen LogP contribution in [0.5, 0.6) is 5.75 Å². The summed E-state index contributed by atoms with van der Waals surface area (Å²) in [5.41, 5.74) is -0.342. The Balaban J connectivity index is 3.17. The average molecular weight is 206 g/mol. The zero-order valence-electron chi connectivity index (χ0n) is 6.37. The third-order valence-electron chi connectivity index (χ3n) is 1.34. The molecule has 0 aliphatic carbocycles. The lowest BCUT2D eigenvalue weighted by Gasteiger charge is -2.03. The molecular formula is C7H5ClFNO3. The fraction of sp³-hybridized carbons (Fsp3) is 0.143. The molecular weight excluding hydrogens is 201 g/mol. The number of nitrogens with zero attached hydrogens (tertiary/aromatic N) is 1. The molecule has 1 aromatic carbocycles. The number of nitro groups is 1. The molecule has 0 amide bonds. The van der Waals surface area contributed by atoms with Crippen LogP contribution < -0.4 is 4.74 Å². The normalized spacial score (nSPS) is 9.69. The van der Waals surface area contributed by atoms with Gasteiger partial charge in [0.25, 0.3) is 0 Å². The first-order valence-electron chi connectivity index (χ1n) is 3.28. The molecule has 0 bridgehead atoms. The highest BCUT2D eigenvalue weighted by Gasteiger charge is 2.17. The third-order valence-corrected chi connectivity index (χ3v) is 1.64. The van der Waals surface area contributed by atoms with Gasteiger partial charge in [-0.1, -0.05) is 17.7 Å². The van der Waals surface area contributed by atoms with Crippen molar-refractivity contribution in [2.24, 2.45) is 0 Å². The standard InChI is InChI=1S/C7H5ClFNO3/c8-5-2-1-3-6(10(11)12)7(5)13-4-9/h1-3H,4H2. The largest absolute Gasteiger partial charge is 0.454 e. The summed E-state index contributed by atoms with van der Waals surface area (Å²) in [5.74, 6) is -0.239. The van der Waals surface area contributed by atoms with Crippen molar-refractivity contribution < 1.29 is 14.1 Å². The van der Waals surface area contributed by atoms with Crippen LogP contribution in [0.2, 0.25) is 5.02 Å². The molecule has 6 heteroatoms. The Kier molecular flexibility index (Phi) is 3.02. The lowest BCUT2D eigenvalue weighted by Crippen LogP contribution is -1.96. The van der Waals surface area contributed by atoms with E-state index < -0.39 is 11.8 Å². The molecule has 0 fully saturated rings. The van der Waals surface area contributed by atoms with Crippen molar-refractivity contribution in [1.82, 2.24) is 0 Å². The van der Waals surface area contributed by atoms with Gasteiger partial charge in [-0.05, 0) is 6.07 Å². The van der Waals surface area contributed by atoms with E-state index in [-0.39, 0.29) is 16.5 Å². The summed E-state index contributed by atoms with van der Waals surface area (Å²) in [6.45, 7) is -1.15. The van der Waals surface area contributed by atoms with Gasteiger partial charge in [-0.2, -0.15) is 0 Å².